The summed E-state index contributed by atoms with van der Waals surface area (Å²) >= 11 is 0. The van der Waals surface area contributed by atoms with Gasteiger partial charge in [-0.05, 0) is 26.3 Å². The monoisotopic (exact) mass is 298 g/mol. The summed E-state index contributed by atoms with van der Waals surface area (Å²) in [6.07, 6.45) is 7.58. The van der Waals surface area contributed by atoms with Gasteiger partial charge in [0, 0.05) is 33.3 Å². The lowest BCUT2D eigenvalue weighted by Crippen LogP contribution is -2.41. The second-order valence-electron chi connectivity index (χ2n) is 6.53. The zero-order valence-corrected chi connectivity index (χ0v) is 13.7. The molecular weight excluding hydrogens is 268 g/mol. The van der Waals surface area contributed by atoms with Crippen LogP contribution in [0, 0.1) is 0 Å². The molecule has 1 amide bonds. The standard InChI is InChI=1S/C16H30N2O3/c1-17-11-15(20-3)9-13(17)10-18(2)16(19)12-21-14-7-5-4-6-8-14/h13-15H,4-12H2,1-3H3/t13-,15-/m0/s1. The number of nitrogens with zero attached hydrogens (tertiary/aromatic N) is 2. The number of hydrogen-bond acceptors (Lipinski definition) is 4. The van der Waals surface area contributed by atoms with Gasteiger partial charge < -0.3 is 14.4 Å². The van der Waals surface area contributed by atoms with Crippen LogP contribution < -0.4 is 0 Å². The SMILES string of the molecule is CO[C@H]1C[C@@H](CN(C)C(=O)COC2CCCCC2)N(C)C1. The van der Waals surface area contributed by atoms with E-state index >= 15 is 0 Å². The molecule has 122 valence electrons. The molecule has 0 spiro atoms. The smallest absolute Gasteiger partial charge is 0.248 e. The molecule has 0 bridgehead atoms. The number of methoxy groups -OCH3 is 1. The molecule has 1 saturated carbocycles. The van der Waals surface area contributed by atoms with Gasteiger partial charge in [0.05, 0.1) is 12.2 Å². The lowest BCUT2D eigenvalue weighted by Gasteiger charge is -2.27. The fourth-order valence-corrected chi connectivity index (χ4v) is 3.36. The molecule has 5 heteroatoms. The normalized spacial score (nSPS) is 28.0. The van der Waals surface area contributed by atoms with Crippen molar-refractivity contribution in [2.45, 2.75) is 56.8 Å². The minimum Gasteiger partial charge on any atom is -0.380 e. The fraction of sp³-hybridized carbons (Fsp3) is 0.938. The van der Waals surface area contributed by atoms with Crippen LogP contribution in [-0.2, 0) is 14.3 Å². The Morgan fingerprint density at radius 1 is 1.24 bits per heavy atom. The van der Waals surface area contributed by atoms with Crippen molar-refractivity contribution in [3.63, 3.8) is 0 Å². The molecule has 0 aromatic carbocycles. The average Bonchev–Trinajstić information content (AvgIpc) is 2.86. The van der Waals surface area contributed by atoms with Crippen molar-refractivity contribution in [1.29, 1.82) is 0 Å². The zero-order chi connectivity index (χ0) is 15.2. The Morgan fingerprint density at radius 3 is 2.57 bits per heavy atom. The predicted octanol–water partition coefficient (Wildman–Crippen LogP) is 1.51. The zero-order valence-electron chi connectivity index (χ0n) is 13.7. The Morgan fingerprint density at radius 2 is 1.95 bits per heavy atom. The maximum atomic E-state index is 12.2. The third kappa shape index (κ3) is 4.94. The highest BCUT2D eigenvalue weighted by molar-refractivity contribution is 5.77. The first-order valence-electron chi connectivity index (χ1n) is 8.18. The van der Waals surface area contributed by atoms with Crippen LogP contribution in [0.4, 0.5) is 0 Å². The molecule has 2 rings (SSSR count). The number of hydrogen-bond donors (Lipinski definition) is 0. The van der Waals surface area contributed by atoms with Crippen molar-refractivity contribution >= 4 is 5.91 Å². The van der Waals surface area contributed by atoms with Gasteiger partial charge in [0.15, 0.2) is 0 Å². The average molecular weight is 298 g/mol. The van der Waals surface area contributed by atoms with Crippen molar-refractivity contribution in [3.8, 4) is 0 Å². The summed E-state index contributed by atoms with van der Waals surface area (Å²) in [7, 11) is 5.73. The molecule has 1 saturated heterocycles. The molecule has 21 heavy (non-hydrogen) atoms. The van der Waals surface area contributed by atoms with Crippen LogP contribution in [0.15, 0.2) is 0 Å². The van der Waals surface area contributed by atoms with Gasteiger partial charge in [-0.1, -0.05) is 19.3 Å². The van der Waals surface area contributed by atoms with Crippen LogP contribution in [0.1, 0.15) is 38.5 Å². The number of amides is 1. The molecule has 1 aliphatic carbocycles. The Balaban J connectivity index is 1.69. The fourth-order valence-electron chi connectivity index (χ4n) is 3.36. The van der Waals surface area contributed by atoms with E-state index in [1.54, 1.807) is 7.11 Å². The third-order valence-corrected chi connectivity index (χ3v) is 4.89. The summed E-state index contributed by atoms with van der Waals surface area (Å²) in [5.74, 6) is 0.0924. The van der Waals surface area contributed by atoms with Crippen LogP contribution in [0.5, 0.6) is 0 Å². The molecule has 0 unspecified atom stereocenters. The number of ether oxygens (including phenoxy) is 2. The van der Waals surface area contributed by atoms with Gasteiger partial charge >= 0.3 is 0 Å². The highest BCUT2D eigenvalue weighted by atomic mass is 16.5. The van der Waals surface area contributed by atoms with Crippen molar-refractivity contribution < 1.29 is 14.3 Å². The van der Waals surface area contributed by atoms with Gasteiger partial charge in [0.2, 0.25) is 5.91 Å². The summed E-state index contributed by atoms with van der Waals surface area (Å²) in [5, 5.41) is 0. The first-order chi connectivity index (χ1) is 10.1. The third-order valence-electron chi connectivity index (χ3n) is 4.89. The number of likely N-dealkylation sites (N-methyl/N-ethyl adjacent to an activating group) is 2. The van der Waals surface area contributed by atoms with E-state index in [0.717, 1.165) is 32.4 Å². The molecule has 1 aliphatic heterocycles. The number of carbonyl (C=O) groups is 1. The minimum absolute atomic E-state index is 0.0924. The Hall–Kier alpha value is -0.650. The van der Waals surface area contributed by atoms with Gasteiger partial charge in [0.1, 0.15) is 6.61 Å². The summed E-state index contributed by atoms with van der Waals surface area (Å²) in [5.41, 5.74) is 0. The van der Waals surface area contributed by atoms with Gasteiger partial charge in [0.25, 0.3) is 0 Å². The van der Waals surface area contributed by atoms with E-state index in [9.17, 15) is 4.79 Å². The Kier molecular flexibility index (Phi) is 6.45. The molecule has 2 fully saturated rings. The molecule has 5 nitrogen and oxygen atoms in total. The van der Waals surface area contributed by atoms with Crippen LogP contribution in [0.25, 0.3) is 0 Å². The van der Waals surface area contributed by atoms with E-state index in [0.29, 0.717) is 18.2 Å². The lowest BCUT2D eigenvalue weighted by molar-refractivity contribution is -0.138. The van der Waals surface area contributed by atoms with E-state index in [1.165, 1.54) is 19.3 Å². The summed E-state index contributed by atoms with van der Waals surface area (Å²) in [6, 6.07) is 0.388. The van der Waals surface area contributed by atoms with Gasteiger partial charge in [-0.25, -0.2) is 0 Å². The predicted molar refractivity (Wildman–Crippen MR) is 82.3 cm³/mol. The van der Waals surface area contributed by atoms with E-state index < -0.39 is 0 Å². The Bertz CT molecular complexity index is 331. The van der Waals surface area contributed by atoms with Crippen LogP contribution in [-0.4, -0.2) is 74.9 Å². The molecule has 0 N–H and O–H groups in total. The van der Waals surface area contributed by atoms with E-state index in [2.05, 4.69) is 11.9 Å². The molecule has 0 aromatic rings. The molecule has 2 atom stereocenters. The van der Waals surface area contributed by atoms with Gasteiger partial charge in [-0.3, -0.25) is 9.69 Å². The number of rotatable bonds is 6. The first-order valence-corrected chi connectivity index (χ1v) is 8.18. The van der Waals surface area contributed by atoms with E-state index in [-0.39, 0.29) is 12.5 Å². The Labute approximate surface area is 128 Å². The lowest BCUT2D eigenvalue weighted by atomic mass is 9.98. The van der Waals surface area contributed by atoms with Crippen LogP contribution >= 0.6 is 0 Å². The summed E-state index contributed by atoms with van der Waals surface area (Å²) < 4.78 is 11.2. The summed E-state index contributed by atoms with van der Waals surface area (Å²) in [6.45, 7) is 1.93. The largest absolute Gasteiger partial charge is 0.380 e. The second kappa shape index (κ2) is 8.11. The van der Waals surface area contributed by atoms with Crippen LogP contribution in [0.3, 0.4) is 0 Å². The summed E-state index contributed by atoms with van der Waals surface area (Å²) in [4.78, 5) is 16.3. The van der Waals surface area contributed by atoms with E-state index in [1.807, 2.05) is 11.9 Å². The minimum atomic E-state index is 0.0924. The van der Waals surface area contributed by atoms with E-state index in [4.69, 9.17) is 9.47 Å². The van der Waals surface area contributed by atoms with Crippen molar-refractivity contribution in [1.82, 2.24) is 9.80 Å². The molecule has 1 heterocycles. The van der Waals surface area contributed by atoms with Gasteiger partial charge in [-0.2, -0.15) is 0 Å². The molecule has 2 aliphatic rings. The van der Waals surface area contributed by atoms with Gasteiger partial charge in [-0.15, -0.1) is 0 Å². The van der Waals surface area contributed by atoms with Crippen molar-refractivity contribution in [3.05, 3.63) is 0 Å². The molecular formula is C16H30N2O3. The molecule has 0 aromatic heterocycles. The van der Waals surface area contributed by atoms with Crippen LogP contribution in [0.2, 0.25) is 0 Å². The topological polar surface area (TPSA) is 42.0 Å². The van der Waals surface area contributed by atoms with Crippen molar-refractivity contribution in [2.24, 2.45) is 0 Å². The first kappa shape index (κ1) is 16.7. The molecule has 0 radical (unpaired) electrons. The highest BCUT2D eigenvalue weighted by Gasteiger charge is 2.31. The maximum absolute atomic E-state index is 12.2. The highest BCUT2D eigenvalue weighted by Crippen LogP contribution is 2.21. The number of carbonyl (C=O) groups excluding carboxylic acids is 1. The van der Waals surface area contributed by atoms with Crippen molar-refractivity contribution in [2.75, 3.05) is 40.9 Å². The maximum Gasteiger partial charge on any atom is 0.248 e. The number of likely N-dealkylation sites (tertiary alicyclic amines) is 1. The quantitative estimate of drug-likeness (QED) is 0.745. The second-order valence-corrected chi connectivity index (χ2v) is 6.53.